The van der Waals surface area contributed by atoms with E-state index in [2.05, 4.69) is 15.8 Å². The molecule has 0 spiro atoms. The van der Waals surface area contributed by atoms with Crippen LogP contribution in [-0.2, 0) is 10.0 Å². The van der Waals surface area contributed by atoms with E-state index in [1.807, 2.05) is 67.7 Å². The molecule has 0 aliphatic rings. The van der Waals surface area contributed by atoms with Crippen molar-refractivity contribution in [2.45, 2.75) is 17.1 Å². The minimum absolute atomic E-state index is 0.0850. The number of aromatic nitrogens is 1. The number of aromatic amines is 1. The molecule has 0 amide bonds. The highest BCUT2D eigenvalue weighted by molar-refractivity contribution is 7.91. The number of benzene rings is 2. The summed E-state index contributed by atoms with van der Waals surface area (Å²) in [6.07, 6.45) is 1.98. The van der Waals surface area contributed by atoms with E-state index in [9.17, 15) is 8.42 Å². The Hall–Kier alpha value is -2.41. The van der Waals surface area contributed by atoms with Crippen molar-refractivity contribution in [1.29, 1.82) is 0 Å². The third kappa shape index (κ3) is 3.69. The molecule has 0 unspecified atom stereocenters. The fourth-order valence-corrected chi connectivity index (χ4v) is 5.67. The van der Waals surface area contributed by atoms with Gasteiger partial charge in [0, 0.05) is 34.4 Å². The predicted molar refractivity (Wildman–Crippen MR) is 111 cm³/mol. The van der Waals surface area contributed by atoms with Crippen molar-refractivity contribution in [3.05, 3.63) is 88.9 Å². The smallest absolute Gasteiger partial charge is 0.250 e. The summed E-state index contributed by atoms with van der Waals surface area (Å²) in [6, 6.07) is 21.6. The fourth-order valence-electron chi connectivity index (χ4n) is 3.30. The molecule has 2 aromatic heterocycles. The lowest BCUT2D eigenvalue weighted by Gasteiger charge is -2.18. The third-order valence-corrected chi connectivity index (χ3v) is 7.57. The zero-order chi connectivity index (χ0) is 18.9. The van der Waals surface area contributed by atoms with Crippen molar-refractivity contribution in [2.75, 3.05) is 6.54 Å². The van der Waals surface area contributed by atoms with Crippen LogP contribution in [0.1, 0.15) is 21.9 Å². The van der Waals surface area contributed by atoms with E-state index in [-0.39, 0.29) is 5.92 Å². The molecular weight excluding hydrogens is 376 g/mol. The molecule has 0 fully saturated rings. The maximum absolute atomic E-state index is 12.7. The number of hydrogen-bond acceptors (Lipinski definition) is 3. The molecule has 4 aromatic rings. The first-order valence-electron chi connectivity index (χ1n) is 8.72. The van der Waals surface area contributed by atoms with Crippen LogP contribution in [0.5, 0.6) is 0 Å². The molecule has 1 atom stereocenters. The van der Waals surface area contributed by atoms with Crippen molar-refractivity contribution >= 4 is 32.3 Å². The van der Waals surface area contributed by atoms with Gasteiger partial charge in [0.25, 0.3) is 0 Å². The van der Waals surface area contributed by atoms with Gasteiger partial charge >= 0.3 is 0 Å². The van der Waals surface area contributed by atoms with Crippen LogP contribution in [0.25, 0.3) is 10.9 Å². The molecule has 27 heavy (non-hydrogen) atoms. The summed E-state index contributed by atoms with van der Waals surface area (Å²) in [5.74, 6) is -0.0850. The van der Waals surface area contributed by atoms with Crippen LogP contribution >= 0.6 is 11.3 Å². The fraction of sp³-hybridized carbons (Fsp3) is 0.143. The molecule has 138 valence electrons. The van der Waals surface area contributed by atoms with E-state index in [0.29, 0.717) is 10.8 Å². The molecular formula is C21H20N2O2S2. The lowest BCUT2D eigenvalue weighted by Crippen LogP contribution is -2.28. The Morgan fingerprint density at radius 1 is 1.00 bits per heavy atom. The standard InChI is InChI=1S/C21H20N2O2S2/c1-15-11-12-21(26-15)27(24,25)23-14-18(16-7-3-2-4-8-16)19-13-22-20-10-6-5-9-17(19)20/h2-13,18,22-23H,14H2,1H3/t18-/m1/s1. The van der Waals surface area contributed by atoms with Gasteiger partial charge in [0.1, 0.15) is 4.21 Å². The van der Waals surface area contributed by atoms with Crippen LogP contribution in [0.3, 0.4) is 0 Å². The predicted octanol–water partition coefficient (Wildman–Crippen LogP) is 4.65. The third-order valence-electron chi connectivity index (χ3n) is 4.66. The minimum atomic E-state index is -3.53. The van der Waals surface area contributed by atoms with Gasteiger partial charge < -0.3 is 4.98 Å². The summed E-state index contributed by atoms with van der Waals surface area (Å²) in [6.45, 7) is 2.20. The molecule has 0 bridgehead atoms. The van der Waals surface area contributed by atoms with E-state index in [0.717, 1.165) is 26.9 Å². The summed E-state index contributed by atoms with van der Waals surface area (Å²) in [4.78, 5) is 4.27. The Balaban J connectivity index is 1.69. The maximum Gasteiger partial charge on any atom is 0.250 e. The van der Waals surface area contributed by atoms with E-state index in [1.54, 1.807) is 6.07 Å². The van der Waals surface area contributed by atoms with Gasteiger partial charge in [0.15, 0.2) is 0 Å². The topological polar surface area (TPSA) is 62.0 Å². The van der Waals surface area contributed by atoms with Crippen molar-refractivity contribution < 1.29 is 8.42 Å². The molecule has 2 N–H and O–H groups in total. The number of thiophene rings is 1. The summed E-state index contributed by atoms with van der Waals surface area (Å²) in [5, 5.41) is 1.11. The number of para-hydroxylation sites is 1. The summed E-state index contributed by atoms with van der Waals surface area (Å²) >= 11 is 1.29. The molecule has 0 saturated heterocycles. The van der Waals surface area contributed by atoms with Crippen LogP contribution < -0.4 is 4.72 Å². The average molecular weight is 397 g/mol. The zero-order valence-corrected chi connectivity index (χ0v) is 16.5. The van der Waals surface area contributed by atoms with E-state index in [1.165, 1.54) is 11.3 Å². The van der Waals surface area contributed by atoms with Crippen molar-refractivity contribution in [3.8, 4) is 0 Å². The van der Waals surface area contributed by atoms with E-state index < -0.39 is 10.0 Å². The largest absolute Gasteiger partial charge is 0.361 e. The second-order valence-electron chi connectivity index (χ2n) is 6.47. The molecule has 2 heterocycles. The Morgan fingerprint density at radius 3 is 2.48 bits per heavy atom. The van der Waals surface area contributed by atoms with E-state index in [4.69, 9.17) is 0 Å². The zero-order valence-electron chi connectivity index (χ0n) is 14.8. The lowest BCUT2D eigenvalue weighted by molar-refractivity contribution is 0.580. The molecule has 0 saturated carbocycles. The van der Waals surface area contributed by atoms with Crippen LogP contribution in [0.15, 0.2) is 77.1 Å². The van der Waals surface area contributed by atoms with E-state index >= 15 is 0 Å². The summed E-state index contributed by atoms with van der Waals surface area (Å²) in [7, 11) is -3.53. The van der Waals surface area contributed by atoms with Gasteiger partial charge in [-0.3, -0.25) is 0 Å². The van der Waals surface area contributed by atoms with Gasteiger partial charge in [0.2, 0.25) is 10.0 Å². The number of sulfonamides is 1. The van der Waals surface area contributed by atoms with Crippen LogP contribution in [0.2, 0.25) is 0 Å². The Bertz CT molecular complexity index is 1160. The molecule has 0 radical (unpaired) electrons. The Labute approximate surface area is 162 Å². The van der Waals surface area contributed by atoms with Gasteiger partial charge in [-0.05, 0) is 36.2 Å². The first-order valence-corrected chi connectivity index (χ1v) is 11.0. The van der Waals surface area contributed by atoms with Crippen molar-refractivity contribution in [3.63, 3.8) is 0 Å². The first-order chi connectivity index (χ1) is 13.0. The number of fused-ring (bicyclic) bond motifs is 1. The first kappa shape index (κ1) is 18.0. The minimum Gasteiger partial charge on any atom is -0.361 e. The molecule has 4 nitrogen and oxygen atoms in total. The van der Waals surface area contributed by atoms with Crippen molar-refractivity contribution in [2.24, 2.45) is 0 Å². The van der Waals surface area contributed by atoms with Gasteiger partial charge in [-0.15, -0.1) is 11.3 Å². The second kappa shape index (κ2) is 7.31. The van der Waals surface area contributed by atoms with Crippen LogP contribution in [0, 0.1) is 6.92 Å². The van der Waals surface area contributed by atoms with Crippen molar-refractivity contribution in [1.82, 2.24) is 9.71 Å². The molecule has 6 heteroatoms. The number of hydrogen-bond donors (Lipinski definition) is 2. The lowest BCUT2D eigenvalue weighted by atomic mass is 9.91. The summed E-state index contributed by atoms with van der Waals surface area (Å²) < 4.78 is 28.6. The van der Waals surface area contributed by atoms with Crippen LogP contribution in [0.4, 0.5) is 0 Å². The van der Waals surface area contributed by atoms with Crippen LogP contribution in [-0.4, -0.2) is 19.9 Å². The Kier molecular flexibility index (Phi) is 4.86. The second-order valence-corrected chi connectivity index (χ2v) is 9.75. The summed E-state index contributed by atoms with van der Waals surface area (Å²) in [5.41, 5.74) is 3.21. The normalized spacial score (nSPS) is 13.1. The Morgan fingerprint density at radius 2 is 1.74 bits per heavy atom. The molecule has 0 aliphatic carbocycles. The maximum atomic E-state index is 12.7. The monoisotopic (exact) mass is 396 g/mol. The molecule has 2 aromatic carbocycles. The highest BCUT2D eigenvalue weighted by Gasteiger charge is 2.22. The highest BCUT2D eigenvalue weighted by atomic mass is 32.2. The number of rotatable bonds is 6. The van der Waals surface area contributed by atoms with Gasteiger partial charge in [-0.1, -0.05) is 48.5 Å². The molecule has 4 rings (SSSR count). The molecule has 0 aliphatic heterocycles. The number of H-pyrrole nitrogens is 1. The average Bonchev–Trinajstić information content (AvgIpc) is 3.30. The highest BCUT2D eigenvalue weighted by Crippen LogP contribution is 2.31. The number of aryl methyl sites for hydroxylation is 1. The van der Waals surface area contributed by atoms with Gasteiger partial charge in [-0.25, -0.2) is 13.1 Å². The SMILES string of the molecule is Cc1ccc(S(=O)(=O)NC[C@H](c2ccccc2)c2c[nH]c3ccccc23)s1. The van der Waals surface area contributed by atoms with Gasteiger partial charge in [-0.2, -0.15) is 0 Å². The number of nitrogens with one attached hydrogen (secondary N) is 2. The van der Waals surface area contributed by atoms with Gasteiger partial charge in [0.05, 0.1) is 0 Å². The quantitative estimate of drug-likeness (QED) is 0.498.